The molecule has 2 N–H and O–H groups in total. The molecule has 0 aliphatic carbocycles. The minimum absolute atomic E-state index is 0. The number of amides is 1. The Hall–Kier alpha value is -2.36. The van der Waals surface area contributed by atoms with Crippen LogP contribution in [0.5, 0.6) is 5.75 Å². The van der Waals surface area contributed by atoms with Crippen molar-refractivity contribution in [3.8, 4) is 5.75 Å². The molecule has 2 rings (SSSR count). The van der Waals surface area contributed by atoms with E-state index in [0.29, 0.717) is 25.7 Å². The van der Waals surface area contributed by atoms with Gasteiger partial charge in [0.1, 0.15) is 5.75 Å². The summed E-state index contributed by atoms with van der Waals surface area (Å²) in [5.41, 5.74) is 2.01. The quantitative estimate of drug-likeness (QED) is 0.307. The van der Waals surface area contributed by atoms with Gasteiger partial charge in [-0.2, -0.15) is 0 Å². The molecule has 0 aliphatic heterocycles. The standard InChI is InChI=1S/C21H29N5O2.HI/c1-4-28-19-11-6-5-9-17(19)15-24-21(22-2)25-16-20(27)26(3)14-12-18-10-7-8-13-23-18;/h5-11,13H,4,12,14-16H2,1-3H3,(H2,22,24,25);1H. The number of benzene rings is 1. The Kier molecular flexibility index (Phi) is 11.7. The van der Waals surface area contributed by atoms with Gasteiger partial charge in [-0.25, -0.2) is 0 Å². The van der Waals surface area contributed by atoms with Gasteiger partial charge in [-0.15, -0.1) is 24.0 Å². The number of guanidine groups is 1. The van der Waals surface area contributed by atoms with Gasteiger partial charge in [0.15, 0.2) is 5.96 Å². The zero-order valence-electron chi connectivity index (χ0n) is 17.2. The van der Waals surface area contributed by atoms with E-state index in [-0.39, 0.29) is 36.4 Å². The predicted octanol–water partition coefficient (Wildman–Crippen LogP) is 2.46. The SMILES string of the molecule is CCOc1ccccc1CNC(=NC)NCC(=O)N(C)CCc1ccccn1.I. The predicted molar refractivity (Wildman–Crippen MR) is 127 cm³/mol. The number of halogens is 1. The molecular formula is C21H30IN5O2. The van der Waals surface area contributed by atoms with E-state index < -0.39 is 0 Å². The van der Waals surface area contributed by atoms with E-state index in [9.17, 15) is 4.79 Å². The number of hydrogen-bond donors (Lipinski definition) is 2. The Morgan fingerprint density at radius 2 is 1.93 bits per heavy atom. The number of hydrogen-bond acceptors (Lipinski definition) is 4. The fraction of sp³-hybridized carbons (Fsp3) is 0.381. The van der Waals surface area contributed by atoms with Crippen LogP contribution in [-0.4, -0.2) is 55.5 Å². The number of para-hydroxylation sites is 1. The van der Waals surface area contributed by atoms with Gasteiger partial charge in [0.25, 0.3) is 0 Å². The Labute approximate surface area is 190 Å². The number of rotatable bonds is 9. The molecule has 0 atom stereocenters. The number of carbonyl (C=O) groups excluding carboxylic acids is 1. The van der Waals surface area contributed by atoms with Gasteiger partial charge < -0.3 is 20.3 Å². The van der Waals surface area contributed by atoms with E-state index in [1.807, 2.05) is 49.4 Å². The van der Waals surface area contributed by atoms with E-state index in [1.165, 1.54) is 0 Å². The van der Waals surface area contributed by atoms with Gasteiger partial charge >= 0.3 is 0 Å². The van der Waals surface area contributed by atoms with Crippen LogP contribution in [0.1, 0.15) is 18.2 Å². The summed E-state index contributed by atoms with van der Waals surface area (Å²) < 4.78 is 5.63. The molecule has 0 saturated heterocycles. The summed E-state index contributed by atoms with van der Waals surface area (Å²) >= 11 is 0. The van der Waals surface area contributed by atoms with Gasteiger partial charge in [-0.3, -0.25) is 14.8 Å². The summed E-state index contributed by atoms with van der Waals surface area (Å²) in [5, 5.41) is 6.28. The number of ether oxygens (including phenoxy) is 1. The smallest absolute Gasteiger partial charge is 0.241 e. The highest BCUT2D eigenvalue weighted by atomic mass is 127. The highest BCUT2D eigenvalue weighted by Crippen LogP contribution is 2.17. The first-order valence-corrected chi connectivity index (χ1v) is 9.43. The Morgan fingerprint density at radius 1 is 1.17 bits per heavy atom. The van der Waals surface area contributed by atoms with Crippen molar-refractivity contribution in [3.63, 3.8) is 0 Å². The second-order valence-corrected chi connectivity index (χ2v) is 6.21. The van der Waals surface area contributed by atoms with Gasteiger partial charge in [-0.1, -0.05) is 24.3 Å². The number of nitrogens with one attached hydrogen (secondary N) is 2. The summed E-state index contributed by atoms with van der Waals surface area (Å²) in [6.45, 7) is 3.92. The summed E-state index contributed by atoms with van der Waals surface area (Å²) in [5.74, 6) is 1.41. The first-order valence-electron chi connectivity index (χ1n) is 9.43. The maximum absolute atomic E-state index is 12.3. The van der Waals surface area contributed by atoms with Crippen molar-refractivity contribution in [3.05, 3.63) is 59.9 Å². The van der Waals surface area contributed by atoms with Crippen molar-refractivity contribution >= 4 is 35.8 Å². The number of likely N-dealkylation sites (N-methyl/N-ethyl adjacent to an activating group) is 1. The van der Waals surface area contributed by atoms with E-state index in [0.717, 1.165) is 23.4 Å². The third-order valence-electron chi connectivity index (χ3n) is 4.20. The maximum Gasteiger partial charge on any atom is 0.241 e. The van der Waals surface area contributed by atoms with E-state index in [2.05, 4.69) is 20.6 Å². The molecule has 0 spiro atoms. The zero-order valence-corrected chi connectivity index (χ0v) is 19.6. The summed E-state index contributed by atoms with van der Waals surface area (Å²) in [6, 6.07) is 13.6. The third kappa shape index (κ3) is 8.68. The molecule has 2 aromatic rings. The molecule has 158 valence electrons. The van der Waals surface area contributed by atoms with Crippen molar-refractivity contribution in [2.45, 2.75) is 19.9 Å². The fourth-order valence-corrected chi connectivity index (χ4v) is 2.59. The van der Waals surface area contributed by atoms with Crippen LogP contribution in [0.3, 0.4) is 0 Å². The van der Waals surface area contributed by atoms with Crippen LogP contribution in [0.15, 0.2) is 53.7 Å². The van der Waals surface area contributed by atoms with Crippen LogP contribution in [-0.2, 0) is 17.8 Å². The summed E-state index contributed by atoms with van der Waals surface area (Å²) in [7, 11) is 3.47. The second kappa shape index (κ2) is 13.8. The highest BCUT2D eigenvalue weighted by Gasteiger charge is 2.10. The Morgan fingerprint density at radius 3 is 2.62 bits per heavy atom. The summed E-state index contributed by atoms with van der Waals surface area (Å²) in [4.78, 5) is 22.5. The van der Waals surface area contributed by atoms with E-state index in [1.54, 1.807) is 25.2 Å². The molecule has 0 radical (unpaired) electrons. The van der Waals surface area contributed by atoms with Crippen LogP contribution >= 0.6 is 24.0 Å². The summed E-state index contributed by atoms with van der Waals surface area (Å²) in [6.07, 6.45) is 2.49. The number of carbonyl (C=O) groups is 1. The van der Waals surface area contributed by atoms with Crippen molar-refractivity contribution in [1.82, 2.24) is 20.5 Å². The van der Waals surface area contributed by atoms with Crippen LogP contribution in [0.25, 0.3) is 0 Å². The lowest BCUT2D eigenvalue weighted by Crippen LogP contribution is -2.43. The molecule has 1 heterocycles. The number of pyridine rings is 1. The average molecular weight is 511 g/mol. The molecule has 1 aromatic carbocycles. The molecule has 0 bridgehead atoms. The molecule has 7 nitrogen and oxygen atoms in total. The molecule has 1 aromatic heterocycles. The fourth-order valence-electron chi connectivity index (χ4n) is 2.59. The van der Waals surface area contributed by atoms with Gasteiger partial charge in [0.05, 0.1) is 13.2 Å². The van der Waals surface area contributed by atoms with Crippen molar-refractivity contribution in [2.75, 3.05) is 33.8 Å². The molecule has 0 aliphatic rings. The lowest BCUT2D eigenvalue weighted by Gasteiger charge is -2.19. The second-order valence-electron chi connectivity index (χ2n) is 6.21. The van der Waals surface area contributed by atoms with Gasteiger partial charge in [0, 0.05) is 51.1 Å². The monoisotopic (exact) mass is 511 g/mol. The lowest BCUT2D eigenvalue weighted by molar-refractivity contribution is -0.128. The molecule has 0 fully saturated rings. The third-order valence-corrected chi connectivity index (χ3v) is 4.20. The molecule has 8 heteroatoms. The lowest BCUT2D eigenvalue weighted by atomic mass is 10.2. The first-order chi connectivity index (χ1) is 13.6. The highest BCUT2D eigenvalue weighted by molar-refractivity contribution is 14.0. The average Bonchev–Trinajstić information content (AvgIpc) is 2.74. The normalized spacial score (nSPS) is 10.7. The molecule has 0 saturated carbocycles. The van der Waals surface area contributed by atoms with Crippen molar-refractivity contribution in [1.29, 1.82) is 0 Å². The molecule has 1 amide bonds. The molecule has 29 heavy (non-hydrogen) atoms. The molecular weight excluding hydrogens is 481 g/mol. The number of aromatic nitrogens is 1. The van der Waals surface area contributed by atoms with Crippen molar-refractivity contribution < 1.29 is 9.53 Å². The number of nitrogens with zero attached hydrogens (tertiary/aromatic N) is 3. The number of aliphatic imine (C=N–C) groups is 1. The van der Waals surface area contributed by atoms with Gasteiger partial charge in [0.2, 0.25) is 5.91 Å². The minimum atomic E-state index is -0.00593. The van der Waals surface area contributed by atoms with E-state index in [4.69, 9.17) is 4.74 Å². The van der Waals surface area contributed by atoms with Crippen LogP contribution in [0, 0.1) is 0 Å². The Balaban J connectivity index is 0.00000420. The Bertz CT molecular complexity index is 771. The van der Waals surface area contributed by atoms with Crippen LogP contribution in [0.2, 0.25) is 0 Å². The van der Waals surface area contributed by atoms with Crippen molar-refractivity contribution in [2.24, 2.45) is 4.99 Å². The topological polar surface area (TPSA) is 78.8 Å². The van der Waals surface area contributed by atoms with Crippen LogP contribution < -0.4 is 15.4 Å². The zero-order chi connectivity index (χ0) is 20.2. The minimum Gasteiger partial charge on any atom is -0.494 e. The molecule has 0 unspecified atom stereocenters. The largest absolute Gasteiger partial charge is 0.494 e. The maximum atomic E-state index is 12.3. The van der Waals surface area contributed by atoms with E-state index >= 15 is 0 Å². The van der Waals surface area contributed by atoms with Crippen LogP contribution in [0.4, 0.5) is 0 Å². The first kappa shape index (κ1) is 24.7. The van der Waals surface area contributed by atoms with Gasteiger partial charge in [-0.05, 0) is 25.1 Å².